The van der Waals surface area contributed by atoms with E-state index >= 15 is 0 Å². The van der Waals surface area contributed by atoms with Gasteiger partial charge in [0, 0.05) is 47.9 Å². The Balaban J connectivity index is -0.0000000300. The molecule has 0 amide bonds. The van der Waals surface area contributed by atoms with Crippen LogP contribution >= 0.6 is 37.2 Å². The molecule has 0 radical (unpaired) electrons. The molecule has 132 valence electrons. The molecule has 8 heteroatoms. The van der Waals surface area contributed by atoms with Crippen LogP contribution in [0.3, 0.4) is 0 Å². The van der Waals surface area contributed by atoms with E-state index in [9.17, 15) is 0 Å². The fourth-order valence-corrected chi connectivity index (χ4v) is 1.16. The molecule has 0 spiro atoms. The maximum Gasteiger partial charge on any atom is 0.00772 e. The number of halogens is 3. The Bertz CT molecular complexity index is 73.7. The summed E-state index contributed by atoms with van der Waals surface area (Å²) in [5.74, 6) is 0. The van der Waals surface area contributed by atoms with Crippen LogP contribution in [0, 0.1) is 29.7 Å². The third-order valence-electron chi connectivity index (χ3n) is 1.85. The minimum atomic E-state index is 0. The quantitative estimate of drug-likeness (QED) is 0.440. The zero-order valence-electron chi connectivity index (χ0n) is 13.3. The van der Waals surface area contributed by atoms with Gasteiger partial charge in [-0.15, -0.1) is 50.3 Å². The van der Waals surface area contributed by atoms with Crippen molar-refractivity contribution in [3.63, 3.8) is 0 Å². The summed E-state index contributed by atoms with van der Waals surface area (Å²) in [6, 6.07) is 0. The summed E-state index contributed by atoms with van der Waals surface area (Å²) in [6.07, 6.45) is 0. The van der Waals surface area contributed by atoms with Crippen molar-refractivity contribution in [3.05, 3.63) is 35.0 Å². The largest absolute Gasteiger partial charge is 0.660 e. The van der Waals surface area contributed by atoms with Gasteiger partial charge in [0.15, 0.2) is 0 Å². The van der Waals surface area contributed by atoms with Gasteiger partial charge in [0.2, 0.25) is 0 Å². The SMILES string of the molecule is C1CNCCNCCNCC[N-]1.Cl.Cl.Cl.[CH3-].[CH3-].[CH3-].[CH3-].[Ti]. The second-order valence-electron chi connectivity index (χ2n) is 2.92. The van der Waals surface area contributed by atoms with Crippen molar-refractivity contribution in [2.24, 2.45) is 0 Å². The predicted molar refractivity (Wildman–Crippen MR) is 99.1 cm³/mol. The van der Waals surface area contributed by atoms with Crippen LogP contribution < -0.4 is 16.0 Å². The first-order valence-corrected chi connectivity index (χ1v) is 4.75. The zero-order chi connectivity index (χ0) is 8.49. The molecule has 0 aliphatic carbocycles. The molecule has 0 unspecified atom stereocenters. The molecule has 0 atom stereocenters. The number of nitrogens with zero attached hydrogens (tertiary/aromatic N) is 1. The second kappa shape index (κ2) is 42.8. The van der Waals surface area contributed by atoms with Crippen LogP contribution in [0.15, 0.2) is 0 Å². The standard InChI is InChI=1S/C8H19N4.4CH3.3ClH.Ti/c1-2-10-5-6-12-8-7-11-4-3-9-1;;;;;;;;/h9-11H,1-8H2;4*1H3;3*1H;/q5*-1;;;;. The van der Waals surface area contributed by atoms with Gasteiger partial charge in [0.25, 0.3) is 0 Å². The fraction of sp³-hybridized carbons (Fsp3) is 0.667. The zero-order valence-corrected chi connectivity index (χ0v) is 17.3. The van der Waals surface area contributed by atoms with Crippen LogP contribution in [-0.2, 0) is 21.7 Å². The third-order valence-corrected chi connectivity index (χ3v) is 1.85. The molecule has 0 aromatic rings. The molecule has 4 nitrogen and oxygen atoms in total. The molecule has 1 heterocycles. The first-order chi connectivity index (χ1) is 6.00. The van der Waals surface area contributed by atoms with Crippen molar-refractivity contribution in [2.45, 2.75) is 0 Å². The number of rotatable bonds is 0. The van der Waals surface area contributed by atoms with Gasteiger partial charge >= 0.3 is 0 Å². The summed E-state index contributed by atoms with van der Waals surface area (Å²) < 4.78 is 0. The van der Waals surface area contributed by atoms with E-state index in [0.29, 0.717) is 0 Å². The molecule has 0 aromatic heterocycles. The Morgan fingerprint density at radius 1 is 0.500 bits per heavy atom. The van der Waals surface area contributed by atoms with Gasteiger partial charge in [-0.1, -0.05) is 0 Å². The fourth-order valence-electron chi connectivity index (χ4n) is 1.16. The van der Waals surface area contributed by atoms with Crippen molar-refractivity contribution in [1.29, 1.82) is 0 Å². The Kier molecular flexibility index (Phi) is 106. The maximum absolute atomic E-state index is 4.36. The molecule has 0 aromatic carbocycles. The van der Waals surface area contributed by atoms with E-state index in [1.165, 1.54) is 0 Å². The molecule has 0 saturated carbocycles. The first-order valence-electron chi connectivity index (χ1n) is 4.75. The van der Waals surface area contributed by atoms with E-state index in [4.69, 9.17) is 0 Å². The molecular weight excluding hydrogens is 354 g/mol. The molecule has 1 rings (SSSR count). The van der Waals surface area contributed by atoms with Crippen molar-refractivity contribution < 1.29 is 21.7 Å². The van der Waals surface area contributed by atoms with Crippen molar-refractivity contribution in [3.8, 4) is 0 Å². The summed E-state index contributed by atoms with van der Waals surface area (Å²) in [5, 5.41) is 14.4. The second-order valence-corrected chi connectivity index (χ2v) is 2.92. The average Bonchev–Trinajstić information content (AvgIpc) is 2.05. The normalized spacial score (nSPS) is 14.4. The van der Waals surface area contributed by atoms with Crippen LogP contribution in [-0.4, -0.2) is 52.4 Å². The van der Waals surface area contributed by atoms with Crippen molar-refractivity contribution in [1.82, 2.24) is 16.0 Å². The van der Waals surface area contributed by atoms with Gasteiger partial charge in [-0.05, 0) is 13.1 Å². The van der Waals surface area contributed by atoms with Crippen LogP contribution in [0.5, 0.6) is 0 Å². The molecule has 1 aliphatic heterocycles. The number of hydrogen-bond donors (Lipinski definition) is 3. The summed E-state index contributed by atoms with van der Waals surface area (Å²) in [6.45, 7) is 8.14. The summed E-state index contributed by atoms with van der Waals surface area (Å²) in [5.41, 5.74) is 0. The van der Waals surface area contributed by atoms with Gasteiger partial charge in [0.1, 0.15) is 0 Å². The summed E-state index contributed by atoms with van der Waals surface area (Å²) in [4.78, 5) is 0. The predicted octanol–water partition coefficient (Wildman–Crippen LogP) is 2.21. The van der Waals surface area contributed by atoms with E-state index in [1.807, 2.05) is 0 Å². The maximum atomic E-state index is 4.36. The average molecular weight is 389 g/mol. The van der Waals surface area contributed by atoms with Gasteiger partial charge in [-0.25, -0.2) is 0 Å². The van der Waals surface area contributed by atoms with E-state index in [-0.39, 0.29) is 88.6 Å². The van der Waals surface area contributed by atoms with Crippen LogP contribution in [0.1, 0.15) is 0 Å². The minimum absolute atomic E-state index is 0. The number of nitrogens with one attached hydrogen (secondary N) is 3. The van der Waals surface area contributed by atoms with Gasteiger partial charge in [-0.3, -0.25) is 0 Å². The van der Waals surface area contributed by atoms with E-state index in [2.05, 4.69) is 21.3 Å². The summed E-state index contributed by atoms with van der Waals surface area (Å²) >= 11 is 0. The van der Waals surface area contributed by atoms with Crippen LogP contribution in [0.2, 0.25) is 0 Å². The Labute approximate surface area is 161 Å². The number of hydrogen-bond acceptors (Lipinski definition) is 3. The van der Waals surface area contributed by atoms with Crippen molar-refractivity contribution in [2.75, 3.05) is 52.4 Å². The first kappa shape index (κ1) is 49.6. The van der Waals surface area contributed by atoms with Gasteiger partial charge in [0.05, 0.1) is 0 Å². The summed E-state index contributed by atoms with van der Waals surface area (Å²) in [7, 11) is 0. The Morgan fingerprint density at radius 3 is 1.05 bits per heavy atom. The molecule has 1 aliphatic rings. The monoisotopic (exact) mass is 387 g/mol. The van der Waals surface area contributed by atoms with Gasteiger partial charge < -0.3 is 51.0 Å². The van der Waals surface area contributed by atoms with Crippen molar-refractivity contribution >= 4 is 37.2 Å². The molecule has 20 heavy (non-hydrogen) atoms. The minimum Gasteiger partial charge on any atom is -0.660 e. The topological polar surface area (TPSA) is 50.2 Å². The van der Waals surface area contributed by atoms with E-state index < -0.39 is 0 Å². The molecular formula is C12H34Cl3N4Ti-5. The van der Waals surface area contributed by atoms with Crippen LogP contribution in [0.25, 0.3) is 5.32 Å². The van der Waals surface area contributed by atoms with E-state index in [1.54, 1.807) is 0 Å². The molecule has 0 bridgehead atoms. The third kappa shape index (κ3) is 36.6. The van der Waals surface area contributed by atoms with Crippen LogP contribution in [0.4, 0.5) is 0 Å². The molecule has 1 fully saturated rings. The van der Waals surface area contributed by atoms with E-state index in [0.717, 1.165) is 52.4 Å². The Hall–Kier alpha value is 1.42. The van der Waals surface area contributed by atoms with Gasteiger partial charge in [-0.2, -0.15) is 0 Å². The smallest absolute Gasteiger partial charge is 0.00772 e. The molecule has 1 saturated heterocycles. The molecule has 3 N–H and O–H groups in total. The Morgan fingerprint density at radius 2 is 0.750 bits per heavy atom.